The Morgan fingerprint density at radius 2 is 1.86 bits per heavy atom. The first-order chi connectivity index (χ1) is 13.5. The Morgan fingerprint density at radius 1 is 1.14 bits per heavy atom. The van der Waals surface area contributed by atoms with E-state index >= 15 is 0 Å². The molecule has 3 heterocycles. The van der Waals surface area contributed by atoms with Gasteiger partial charge >= 0.3 is 5.76 Å². The first-order valence-corrected chi connectivity index (χ1v) is 9.24. The minimum absolute atomic E-state index is 0.0336. The normalized spacial score (nSPS) is 19.7. The van der Waals surface area contributed by atoms with E-state index in [1.165, 1.54) is 0 Å². The van der Waals surface area contributed by atoms with Gasteiger partial charge in [-0.1, -0.05) is 6.07 Å². The number of nitrogens with zero attached hydrogens (tertiary/aromatic N) is 4. The summed E-state index contributed by atoms with van der Waals surface area (Å²) in [5, 5.41) is 4.22. The summed E-state index contributed by atoms with van der Waals surface area (Å²) in [7, 11) is 0. The summed E-state index contributed by atoms with van der Waals surface area (Å²) in [6.07, 6.45) is 3.79. The quantitative estimate of drug-likeness (QED) is 0.689. The monoisotopic (exact) mass is 382 g/mol. The molecule has 3 aromatic rings. The van der Waals surface area contributed by atoms with Crippen molar-refractivity contribution < 1.29 is 13.9 Å². The molecule has 2 unspecified atom stereocenters. The van der Waals surface area contributed by atoms with Crippen LogP contribution in [-0.4, -0.2) is 50.5 Å². The molecular weight excluding hydrogens is 360 g/mol. The zero-order valence-electron chi connectivity index (χ0n) is 15.8. The molecule has 0 radical (unpaired) electrons. The van der Waals surface area contributed by atoms with E-state index in [0.29, 0.717) is 18.7 Å². The summed E-state index contributed by atoms with van der Waals surface area (Å²) in [6.45, 7) is 4.70. The predicted molar refractivity (Wildman–Crippen MR) is 102 cm³/mol. The number of carbonyl (C=O) groups excluding carboxylic acids is 1. The Kier molecular flexibility index (Phi) is 4.87. The molecule has 0 bridgehead atoms. The van der Waals surface area contributed by atoms with Gasteiger partial charge in [-0.3, -0.25) is 4.79 Å². The molecule has 0 spiro atoms. The van der Waals surface area contributed by atoms with Crippen molar-refractivity contribution in [1.29, 1.82) is 0 Å². The number of rotatable bonds is 4. The van der Waals surface area contributed by atoms with Crippen molar-refractivity contribution in [3.05, 3.63) is 59.3 Å². The molecule has 28 heavy (non-hydrogen) atoms. The van der Waals surface area contributed by atoms with Crippen molar-refractivity contribution >= 4 is 5.91 Å². The molecule has 1 saturated heterocycles. The first kappa shape index (κ1) is 18.2. The largest absolute Gasteiger partial charge is 0.437 e. The van der Waals surface area contributed by atoms with Crippen molar-refractivity contribution in [2.75, 3.05) is 13.1 Å². The Bertz CT molecular complexity index is 1010. The fourth-order valence-electron chi connectivity index (χ4n) is 3.44. The Balaban J connectivity index is 1.54. The van der Waals surface area contributed by atoms with Crippen LogP contribution in [0.4, 0.5) is 0 Å². The van der Waals surface area contributed by atoms with Gasteiger partial charge < -0.3 is 18.6 Å². The van der Waals surface area contributed by atoms with E-state index in [1.54, 1.807) is 4.90 Å². The van der Waals surface area contributed by atoms with E-state index < -0.39 is 5.76 Å². The van der Waals surface area contributed by atoms with Crippen molar-refractivity contribution in [2.45, 2.75) is 32.6 Å². The molecule has 0 N–H and O–H groups in total. The minimum atomic E-state index is -0.649. The zero-order chi connectivity index (χ0) is 19.7. The molecule has 1 aliphatic rings. The average Bonchev–Trinajstić information content (AvgIpc) is 3.32. The van der Waals surface area contributed by atoms with E-state index in [2.05, 4.69) is 5.10 Å². The zero-order valence-corrected chi connectivity index (χ0v) is 15.8. The molecular formula is C20H22N4O4. The van der Waals surface area contributed by atoms with Crippen LogP contribution < -0.4 is 5.76 Å². The smallest absolute Gasteiger partial charge is 0.388 e. The molecule has 1 amide bonds. The highest BCUT2D eigenvalue weighted by Gasteiger charge is 2.26. The molecule has 1 aliphatic heterocycles. The highest BCUT2D eigenvalue weighted by atomic mass is 16.5. The molecule has 2 atom stereocenters. The number of aromatic nitrogens is 3. The molecule has 0 saturated carbocycles. The lowest BCUT2D eigenvalue weighted by molar-refractivity contribution is -0.144. The van der Waals surface area contributed by atoms with Gasteiger partial charge in [-0.2, -0.15) is 4.68 Å². The van der Waals surface area contributed by atoms with Crippen LogP contribution in [0.25, 0.3) is 17.1 Å². The summed E-state index contributed by atoms with van der Waals surface area (Å²) >= 11 is 0. The fourth-order valence-corrected chi connectivity index (χ4v) is 3.44. The molecule has 0 aliphatic carbocycles. The second-order valence-corrected chi connectivity index (χ2v) is 7.03. The highest BCUT2D eigenvalue weighted by molar-refractivity contribution is 5.76. The lowest BCUT2D eigenvalue weighted by Crippen LogP contribution is -2.49. The Morgan fingerprint density at radius 3 is 2.57 bits per heavy atom. The number of amides is 1. The Hall–Kier alpha value is -3.13. The van der Waals surface area contributed by atoms with Crippen LogP contribution in [-0.2, 0) is 16.1 Å². The maximum absolute atomic E-state index is 12.6. The third kappa shape index (κ3) is 3.77. The number of hydrogen-bond acceptors (Lipinski definition) is 5. The lowest BCUT2D eigenvalue weighted by Gasteiger charge is -2.35. The summed E-state index contributed by atoms with van der Waals surface area (Å²) in [5.41, 5.74) is 1.59. The topological polar surface area (TPSA) is 82.5 Å². The molecule has 8 nitrogen and oxygen atoms in total. The molecule has 1 aromatic carbocycles. The van der Waals surface area contributed by atoms with Crippen molar-refractivity contribution in [3.8, 4) is 17.1 Å². The SMILES string of the molecule is CC1CN(C(=O)Cn2nc(-c3cccc(-n4cccc4)c3)oc2=O)CC(C)O1. The maximum Gasteiger partial charge on any atom is 0.437 e. The molecule has 2 aromatic heterocycles. The van der Waals surface area contributed by atoms with Gasteiger partial charge in [-0.15, -0.1) is 5.10 Å². The number of benzene rings is 1. The molecule has 4 rings (SSSR count). The second kappa shape index (κ2) is 7.47. The van der Waals surface area contributed by atoms with Crippen LogP contribution in [0.3, 0.4) is 0 Å². The number of ether oxygens (including phenoxy) is 1. The van der Waals surface area contributed by atoms with Crippen molar-refractivity contribution in [3.63, 3.8) is 0 Å². The van der Waals surface area contributed by atoms with Gasteiger partial charge in [0.2, 0.25) is 11.8 Å². The van der Waals surface area contributed by atoms with Crippen LogP contribution in [0.1, 0.15) is 13.8 Å². The molecule has 1 fully saturated rings. The minimum Gasteiger partial charge on any atom is -0.388 e. The third-order valence-corrected chi connectivity index (χ3v) is 4.66. The summed E-state index contributed by atoms with van der Waals surface area (Å²) in [4.78, 5) is 26.5. The predicted octanol–water partition coefficient (Wildman–Crippen LogP) is 1.93. The van der Waals surface area contributed by atoms with E-state index in [9.17, 15) is 9.59 Å². The van der Waals surface area contributed by atoms with Crippen LogP contribution >= 0.6 is 0 Å². The fraction of sp³-hybridized carbons (Fsp3) is 0.350. The van der Waals surface area contributed by atoms with E-state index in [1.807, 2.05) is 67.2 Å². The van der Waals surface area contributed by atoms with Gasteiger partial charge in [0.05, 0.1) is 12.2 Å². The van der Waals surface area contributed by atoms with Gasteiger partial charge in [0.25, 0.3) is 0 Å². The van der Waals surface area contributed by atoms with Gasteiger partial charge in [-0.05, 0) is 44.2 Å². The maximum atomic E-state index is 12.6. The van der Waals surface area contributed by atoms with Crippen molar-refractivity contribution in [1.82, 2.24) is 19.2 Å². The van der Waals surface area contributed by atoms with Crippen LogP contribution in [0.2, 0.25) is 0 Å². The van der Waals surface area contributed by atoms with E-state index in [0.717, 1.165) is 10.4 Å². The van der Waals surface area contributed by atoms with Crippen LogP contribution in [0.15, 0.2) is 58.0 Å². The first-order valence-electron chi connectivity index (χ1n) is 9.24. The van der Waals surface area contributed by atoms with Gasteiger partial charge in [0.15, 0.2) is 0 Å². The highest BCUT2D eigenvalue weighted by Crippen LogP contribution is 2.19. The van der Waals surface area contributed by atoms with Crippen LogP contribution in [0.5, 0.6) is 0 Å². The van der Waals surface area contributed by atoms with E-state index in [-0.39, 0.29) is 30.6 Å². The number of carbonyl (C=O) groups is 1. The summed E-state index contributed by atoms with van der Waals surface area (Å²) in [5.74, 6) is -0.635. The summed E-state index contributed by atoms with van der Waals surface area (Å²) in [6, 6.07) is 11.4. The third-order valence-electron chi connectivity index (χ3n) is 4.66. The van der Waals surface area contributed by atoms with Gasteiger partial charge in [-0.25, -0.2) is 4.79 Å². The van der Waals surface area contributed by atoms with Crippen molar-refractivity contribution in [2.24, 2.45) is 0 Å². The molecule has 146 valence electrons. The lowest BCUT2D eigenvalue weighted by atomic mass is 10.2. The van der Waals surface area contributed by atoms with Gasteiger partial charge in [0.1, 0.15) is 6.54 Å². The number of hydrogen-bond donors (Lipinski definition) is 0. The molecule has 8 heteroatoms. The Labute approximate surface area is 161 Å². The van der Waals surface area contributed by atoms with Crippen LogP contribution in [0, 0.1) is 0 Å². The standard InChI is InChI=1S/C20H22N4O4/c1-14-11-23(12-15(2)27-14)18(25)13-24-20(26)28-19(21-24)16-6-5-7-17(10-16)22-8-3-4-9-22/h3-10,14-15H,11-13H2,1-2H3. The number of morpholine rings is 1. The van der Waals surface area contributed by atoms with Gasteiger partial charge in [0, 0.05) is 36.7 Å². The average molecular weight is 382 g/mol. The second-order valence-electron chi connectivity index (χ2n) is 7.03. The van der Waals surface area contributed by atoms with E-state index in [4.69, 9.17) is 9.15 Å². The summed E-state index contributed by atoms with van der Waals surface area (Å²) < 4.78 is 14.0.